The Balaban J connectivity index is 1.41. The van der Waals surface area contributed by atoms with Crippen LogP contribution in [0.1, 0.15) is 23.6 Å². The van der Waals surface area contributed by atoms with Crippen LogP contribution in [0.4, 0.5) is 14.9 Å². The molecule has 0 spiro atoms. The molecule has 0 radical (unpaired) electrons. The van der Waals surface area contributed by atoms with Crippen molar-refractivity contribution in [2.75, 3.05) is 19.0 Å². The zero-order chi connectivity index (χ0) is 26.4. The lowest BCUT2D eigenvalue weighted by Crippen LogP contribution is -2.27. The summed E-state index contributed by atoms with van der Waals surface area (Å²) in [7, 11) is 1.46. The number of rotatable bonds is 9. The molecule has 190 valence electrons. The zero-order valence-electron chi connectivity index (χ0n) is 20.3. The van der Waals surface area contributed by atoms with Crippen molar-refractivity contribution < 1.29 is 28.2 Å². The third kappa shape index (κ3) is 6.37. The van der Waals surface area contributed by atoms with E-state index in [4.69, 9.17) is 9.47 Å². The van der Waals surface area contributed by atoms with Crippen molar-refractivity contribution in [1.29, 1.82) is 0 Å². The molecule has 3 amide bonds. The molecule has 1 aliphatic heterocycles. The third-order valence-corrected chi connectivity index (χ3v) is 6.56. The molecule has 0 atom stereocenters. The highest BCUT2D eigenvalue weighted by Gasteiger charge is 2.35. The average molecular weight is 521 g/mol. The van der Waals surface area contributed by atoms with E-state index < -0.39 is 17.0 Å². The largest absolute Gasteiger partial charge is 0.493 e. The Kier molecular flexibility index (Phi) is 8.25. The number of thioether (sulfide) groups is 1. The third-order valence-electron chi connectivity index (χ3n) is 5.65. The normalized spacial score (nSPS) is 14.2. The first-order valence-corrected chi connectivity index (χ1v) is 12.4. The van der Waals surface area contributed by atoms with E-state index in [0.717, 1.165) is 23.1 Å². The first-order chi connectivity index (χ1) is 17.9. The van der Waals surface area contributed by atoms with E-state index in [1.54, 1.807) is 36.4 Å². The van der Waals surface area contributed by atoms with Gasteiger partial charge in [0.2, 0.25) is 0 Å². The maximum Gasteiger partial charge on any atom is 0.293 e. The topological polar surface area (TPSA) is 84.9 Å². The summed E-state index contributed by atoms with van der Waals surface area (Å²) >= 11 is 0.788. The fourth-order valence-electron chi connectivity index (χ4n) is 3.64. The summed E-state index contributed by atoms with van der Waals surface area (Å²) in [6.45, 7) is 1.69. The van der Waals surface area contributed by atoms with Crippen LogP contribution >= 0.6 is 11.8 Å². The second kappa shape index (κ2) is 11.7. The number of nitrogens with zero attached hydrogens (tertiary/aromatic N) is 1. The molecule has 0 aliphatic carbocycles. The molecule has 1 N–H and O–H groups in total. The minimum absolute atomic E-state index is 0.143. The summed E-state index contributed by atoms with van der Waals surface area (Å²) in [6, 6.07) is 18.5. The van der Waals surface area contributed by atoms with Crippen molar-refractivity contribution in [2.45, 2.75) is 19.9 Å². The maximum atomic E-state index is 14.0. The average Bonchev–Trinajstić information content (AvgIpc) is 3.16. The molecule has 0 aromatic heterocycles. The van der Waals surface area contributed by atoms with Gasteiger partial charge in [-0.05, 0) is 65.7 Å². The van der Waals surface area contributed by atoms with Gasteiger partial charge >= 0.3 is 0 Å². The molecule has 0 unspecified atom stereocenters. The molecule has 3 aromatic carbocycles. The predicted octanol–water partition coefficient (Wildman–Crippen LogP) is 5.65. The Bertz CT molecular complexity index is 1360. The molecule has 3 aromatic rings. The van der Waals surface area contributed by atoms with Gasteiger partial charge in [0, 0.05) is 11.3 Å². The van der Waals surface area contributed by atoms with Gasteiger partial charge in [-0.25, -0.2) is 4.39 Å². The van der Waals surface area contributed by atoms with Crippen molar-refractivity contribution in [3.8, 4) is 11.5 Å². The van der Waals surface area contributed by atoms with Gasteiger partial charge in [-0.15, -0.1) is 0 Å². The van der Waals surface area contributed by atoms with Gasteiger partial charge in [0.1, 0.15) is 5.82 Å². The summed E-state index contributed by atoms with van der Waals surface area (Å²) in [5, 5.41) is 2.31. The molecule has 9 heteroatoms. The maximum absolute atomic E-state index is 14.0. The van der Waals surface area contributed by atoms with Crippen LogP contribution in [0.5, 0.6) is 11.5 Å². The summed E-state index contributed by atoms with van der Waals surface area (Å²) in [4.78, 5) is 38.8. The lowest BCUT2D eigenvalue weighted by Gasteiger charge is -2.13. The number of nitrogens with one attached hydrogen (secondary N) is 1. The van der Waals surface area contributed by atoms with Crippen LogP contribution in [-0.4, -0.2) is 35.7 Å². The number of anilines is 1. The van der Waals surface area contributed by atoms with E-state index in [2.05, 4.69) is 12.2 Å². The number of methoxy groups -OCH3 is 1. The number of carbonyl (C=O) groups excluding carboxylic acids is 3. The lowest BCUT2D eigenvalue weighted by atomic mass is 10.1. The summed E-state index contributed by atoms with van der Waals surface area (Å²) in [5.74, 6) is -0.586. The quantitative estimate of drug-likeness (QED) is 0.367. The first-order valence-electron chi connectivity index (χ1n) is 11.6. The Labute approximate surface area is 218 Å². The number of amides is 3. The highest BCUT2D eigenvalue weighted by Crippen LogP contribution is 2.35. The van der Waals surface area contributed by atoms with Crippen LogP contribution in [0, 0.1) is 5.82 Å². The molecule has 1 saturated heterocycles. The molecule has 4 rings (SSSR count). The molecule has 1 fully saturated rings. The van der Waals surface area contributed by atoms with Crippen molar-refractivity contribution in [1.82, 2.24) is 4.90 Å². The minimum atomic E-state index is -0.499. The fraction of sp³-hybridized carbons (Fsp3) is 0.179. The summed E-state index contributed by atoms with van der Waals surface area (Å²) in [6.07, 6.45) is 2.48. The van der Waals surface area contributed by atoms with E-state index in [0.29, 0.717) is 22.7 Å². The Morgan fingerprint density at radius 2 is 1.81 bits per heavy atom. The summed E-state index contributed by atoms with van der Waals surface area (Å²) < 4.78 is 25.0. The second-order valence-electron chi connectivity index (χ2n) is 8.16. The second-order valence-corrected chi connectivity index (χ2v) is 9.15. The number of halogens is 1. The number of benzene rings is 3. The number of hydrogen-bond donors (Lipinski definition) is 1. The highest BCUT2D eigenvalue weighted by atomic mass is 32.2. The van der Waals surface area contributed by atoms with Crippen LogP contribution in [0.3, 0.4) is 0 Å². The Morgan fingerprint density at radius 1 is 1.05 bits per heavy atom. The van der Waals surface area contributed by atoms with Crippen molar-refractivity contribution in [2.24, 2.45) is 0 Å². The van der Waals surface area contributed by atoms with E-state index in [-0.39, 0.29) is 29.5 Å². The van der Waals surface area contributed by atoms with E-state index >= 15 is 0 Å². The standard InChI is InChI=1S/C28H25FN2O5S/c1-3-18-8-11-21(12-9-18)30-26(32)17-36-23-13-10-19(14-24(23)35-2)15-25-27(33)31(28(34)37-25)16-20-6-4-5-7-22(20)29/h4-15H,3,16-17H2,1-2H3,(H,30,32)/b25-15-. The van der Waals surface area contributed by atoms with Crippen LogP contribution in [0.2, 0.25) is 0 Å². The molecular weight excluding hydrogens is 495 g/mol. The number of aryl methyl sites for hydroxylation is 1. The predicted molar refractivity (Wildman–Crippen MR) is 141 cm³/mol. The molecule has 7 nitrogen and oxygen atoms in total. The number of hydrogen-bond acceptors (Lipinski definition) is 6. The minimum Gasteiger partial charge on any atom is -0.493 e. The van der Waals surface area contributed by atoms with E-state index in [1.165, 1.54) is 24.8 Å². The number of imide groups is 1. The monoisotopic (exact) mass is 520 g/mol. The molecule has 0 saturated carbocycles. The van der Waals surface area contributed by atoms with Crippen molar-refractivity contribution >= 4 is 40.6 Å². The molecular formula is C28H25FN2O5S. The van der Waals surface area contributed by atoms with Gasteiger partial charge in [-0.2, -0.15) is 0 Å². The van der Waals surface area contributed by atoms with E-state index in [1.807, 2.05) is 24.3 Å². The lowest BCUT2D eigenvalue weighted by molar-refractivity contribution is -0.123. The van der Waals surface area contributed by atoms with Crippen LogP contribution < -0.4 is 14.8 Å². The molecule has 0 bridgehead atoms. The van der Waals surface area contributed by atoms with Crippen LogP contribution in [0.25, 0.3) is 6.08 Å². The number of ether oxygens (including phenoxy) is 2. The van der Waals surface area contributed by atoms with Gasteiger partial charge in [0.25, 0.3) is 17.1 Å². The van der Waals surface area contributed by atoms with Crippen LogP contribution in [-0.2, 0) is 22.6 Å². The Morgan fingerprint density at radius 3 is 2.51 bits per heavy atom. The number of carbonyl (C=O) groups is 3. The Hall–Kier alpha value is -4.11. The van der Waals surface area contributed by atoms with Gasteiger partial charge in [-0.1, -0.05) is 43.3 Å². The SMILES string of the molecule is CCc1ccc(NC(=O)COc2ccc(/C=C3\SC(=O)N(Cc4ccccc4F)C3=O)cc2OC)cc1. The van der Waals surface area contributed by atoms with Gasteiger partial charge < -0.3 is 14.8 Å². The zero-order valence-corrected chi connectivity index (χ0v) is 21.1. The van der Waals surface area contributed by atoms with Gasteiger partial charge in [0.05, 0.1) is 18.6 Å². The van der Waals surface area contributed by atoms with Crippen molar-refractivity contribution in [3.63, 3.8) is 0 Å². The molecule has 37 heavy (non-hydrogen) atoms. The van der Waals surface area contributed by atoms with Crippen molar-refractivity contribution in [3.05, 3.63) is 94.1 Å². The summed E-state index contributed by atoms with van der Waals surface area (Å²) in [5.41, 5.74) is 2.71. The van der Waals surface area contributed by atoms with Gasteiger partial charge in [0.15, 0.2) is 18.1 Å². The molecule has 1 aliphatic rings. The smallest absolute Gasteiger partial charge is 0.293 e. The highest BCUT2D eigenvalue weighted by molar-refractivity contribution is 8.18. The van der Waals surface area contributed by atoms with E-state index in [9.17, 15) is 18.8 Å². The first kappa shape index (κ1) is 26.0. The van der Waals surface area contributed by atoms with Crippen LogP contribution in [0.15, 0.2) is 71.6 Å². The molecule has 1 heterocycles. The van der Waals surface area contributed by atoms with Gasteiger partial charge in [-0.3, -0.25) is 19.3 Å². The fourth-order valence-corrected chi connectivity index (χ4v) is 4.48.